The van der Waals surface area contributed by atoms with E-state index < -0.39 is 0 Å². The minimum Gasteiger partial charge on any atom is -0.325 e. The summed E-state index contributed by atoms with van der Waals surface area (Å²) in [4.78, 5) is 12.0. The predicted octanol–water partition coefficient (Wildman–Crippen LogP) is 4.99. The van der Waals surface area contributed by atoms with E-state index in [-0.39, 0.29) is 5.91 Å². The zero-order valence-electron chi connectivity index (χ0n) is 13.4. The standard InChI is InChI=1S/C19H23NOS/c1-14(2)17-10-8-16(9-11-17)12-22-13-19(21)20-18-7-5-4-6-15(18)3/h4-11,14H,12-13H2,1-3H3,(H,20,21). The van der Waals surface area contributed by atoms with Gasteiger partial charge in [-0.05, 0) is 35.6 Å². The van der Waals surface area contributed by atoms with Crippen LogP contribution in [0.2, 0.25) is 0 Å². The van der Waals surface area contributed by atoms with Gasteiger partial charge in [0.1, 0.15) is 0 Å². The van der Waals surface area contributed by atoms with Crippen LogP contribution in [0.15, 0.2) is 48.5 Å². The van der Waals surface area contributed by atoms with Gasteiger partial charge in [0.05, 0.1) is 5.75 Å². The van der Waals surface area contributed by atoms with Crippen LogP contribution in [-0.4, -0.2) is 11.7 Å². The summed E-state index contributed by atoms with van der Waals surface area (Å²) in [5, 5.41) is 2.96. The SMILES string of the molecule is Cc1ccccc1NC(=O)CSCc1ccc(C(C)C)cc1. The Hall–Kier alpha value is -1.74. The molecule has 0 radical (unpaired) electrons. The van der Waals surface area contributed by atoms with Gasteiger partial charge in [-0.1, -0.05) is 56.3 Å². The molecule has 2 aromatic rings. The zero-order valence-corrected chi connectivity index (χ0v) is 14.2. The molecular weight excluding hydrogens is 290 g/mol. The van der Waals surface area contributed by atoms with Crippen molar-refractivity contribution in [3.8, 4) is 0 Å². The van der Waals surface area contributed by atoms with E-state index in [9.17, 15) is 4.79 Å². The van der Waals surface area contributed by atoms with Crippen molar-refractivity contribution in [3.05, 3.63) is 65.2 Å². The predicted molar refractivity (Wildman–Crippen MR) is 96.5 cm³/mol. The molecule has 1 N–H and O–H groups in total. The van der Waals surface area contributed by atoms with E-state index >= 15 is 0 Å². The highest BCUT2D eigenvalue weighted by Gasteiger charge is 2.05. The van der Waals surface area contributed by atoms with Gasteiger partial charge in [0, 0.05) is 11.4 Å². The number of carbonyl (C=O) groups excluding carboxylic acids is 1. The Bertz CT molecular complexity index is 620. The summed E-state index contributed by atoms with van der Waals surface area (Å²) in [5.41, 5.74) is 4.60. The molecule has 0 bridgehead atoms. The fourth-order valence-electron chi connectivity index (χ4n) is 2.16. The van der Waals surface area contributed by atoms with Gasteiger partial charge in [-0.25, -0.2) is 0 Å². The molecule has 0 spiro atoms. The number of benzene rings is 2. The van der Waals surface area contributed by atoms with Crippen molar-refractivity contribution >= 4 is 23.4 Å². The lowest BCUT2D eigenvalue weighted by Gasteiger charge is -2.09. The third-order valence-electron chi connectivity index (χ3n) is 3.57. The average Bonchev–Trinajstić information content (AvgIpc) is 2.50. The van der Waals surface area contributed by atoms with Gasteiger partial charge in [0.25, 0.3) is 0 Å². The van der Waals surface area contributed by atoms with E-state index in [4.69, 9.17) is 0 Å². The number of amides is 1. The van der Waals surface area contributed by atoms with Crippen LogP contribution in [0.25, 0.3) is 0 Å². The molecule has 0 aliphatic rings. The monoisotopic (exact) mass is 313 g/mol. The normalized spacial score (nSPS) is 10.7. The Morgan fingerprint density at radius 3 is 2.41 bits per heavy atom. The fourth-order valence-corrected chi connectivity index (χ4v) is 2.95. The first kappa shape index (κ1) is 16.6. The molecule has 2 nitrogen and oxygen atoms in total. The first-order valence-electron chi connectivity index (χ1n) is 7.58. The summed E-state index contributed by atoms with van der Waals surface area (Å²) in [7, 11) is 0. The van der Waals surface area contributed by atoms with Gasteiger partial charge >= 0.3 is 0 Å². The van der Waals surface area contributed by atoms with Crippen LogP contribution in [-0.2, 0) is 10.5 Å². The van der Waals surface area contributed by atoms with Crippen LogP contribution < -0.4 is 5.32 Å². The molecule has 3 heteroatoms. The topological polar surface area (TPSA) is 29.1 Å². The van der Waals surface area contributed by atoms with Gasteiger partial charge in [0.15, 0.2) is 0 Å². The van der Waals surface area contributed by atoms with Crippen LogP contribution in [0.3, 0.4) is 0 Å². The molecule has 0 heterocycles. The Kier molecular flexibility index (Phi) is 6.08. The van der Waals surface area contributed by atoms with E-state index in [1.807, 2.05) is 31.2 Å². The summed E-state index contributed by atoms with van der Waals surface area (Å²) in [6.45, 7) is 6.39. The Morgan fingerprint density at radius 1 is 1.09 bits per heavy atom. The number of anilines is 1. The van der Waals surface area contributed by atoms with Crippen molar-refractivity contribution in [3.63, 3.8) is 0 Å². The minimum absolute atomic E-state index is 0.0538. The average molecular weight is 313 g/mol. The third kappa shape index (κ3) is 4.92. The van der Waals surface area contributed by atoms with Gasteiger partial charge < -0.3 is 5.32 Å². The molecule has 0 aromatic heterocycles. The maximum atomic E-state index is 12.0. The molecule has 22 heavy (non-hydrogen) atoms. The van der Waals surface area contributed by atoms with Crippen molar-refractivity contribution < 1.29 is 4.79 Å². The number of carbonyl (C=O) groups is 1. The highest BCUT2D eigenvalue weighted by atomic mass is 32.2. The lowest BCUT2D eigenvalue weighted by Crippen LogP contribution is -2.14. The molecule has 0 saturated carbocycles. The number of nitrogens with one attached hydrogen (secondary N) is 1. The van der Waals surface area contributed by atoms with E-state index in [0.29, 0.717) is 11.7 Å². The number of para-hydroxylation sites is 1. The van der Waals surface area contributed by atoms with Gasteiger partial charge in [0.2, 0.25) is 5.91 Å². The Labute approximate surface area is 137 Å². The zero-order chi connectivity index (χ0) is 15.9. The van der Waals surface area contributed by atoms with E-state index in [1.54, 1.807) is 11.8 Å². The summed E-state index contributed by atoms with van der Waals surface area (Å²) in [6.07, 6.45) is 0. The summed E-state index contributed by atoms with van der Waals surface area (Å²) in [5.74, 6) is 1.94. The lowest BCUT2D eigenvalue weighted by atomic mass is 10.0. The Morgan fingerprint density at radius 2 is 1.77 bits per heavy atom. The molecule has 0 aliphatic carbocycles. The molecule has 0 fully saturated rings. The molecule has 0 aliphatic heterocycles. The molecule has 2 rings (SSSR count). The smallest absolute Gasteiger partial charge is 0.234 e. The van der Waals surface area contributed by atoms with Crippen molar-refractivity contribution in [2.75, 3.05) is 11.1 Å². The van der Waals surface area contributed by atoms with Gasteiger partial charge in [-0.15, -0.1) is 11.8 Å². The highest BCUT2D eigenvalue weighted by molar-refractivity contribution is 7.99. The van der Waals surface area contributed by atoms with E-state index in [0.717, 1.165) is 17.0 Å². The van der Waals surface area contributed by atoms with Crippen molar-refractivity contribution in [2.24, 2.45) is 0 Å². The number of hydrogen-bond donors (Lipinski definition) is 1. The summed E-state index contributed by atoms with van der Waals surface area (Å²) >= 11 is 1.64. The molecule has 2 aromatic carbocycles. The number of hydrogen-bond acceptors (Lipinski definition) is 2. The van der Waals surface area contributed by atoms with Crippen molar-refractivity contribution in [2.45, 2.75) is 32.4 Å². The second kappa shape index (κ2) is 8.04. The summed E-state index contributed by atoms with van der Waals surface area (Å²) < 4.78 is 0. The van der Waals surface area contributed by atoms with Crippen LogP contribution in [0.5, 0.6) is 0 Å². The van der Waals surface area contributed by atoms with Crippen LogP contribution in [0.1, 0.15) is 36.5 Å². The van der Waals surface area contributed by atoms with E-state index in [1.165, 1.54) is 11.1 Å². The van der Waals surface area contributed by atoms with Crippen LogP contribution >= 0.6 is 11.8 Å². The molecule has 0 atom stereocenters. The maximum absolute atomic E-state index is 12.0. The molecular formula is C19H23NOS. The number of thioether (sulfide) groups is 1. The largest absolute Gasteiger partial charge is 0.325 e. The van der Waals surface area contributed by atoms with Crippen LogP contribution in [0, 0.1) is 6.92 Å². The molecule has 1 amide bonds. The number of aryl methyl sites for hydroxylation is 1. The van der Waals surface area contributed by atoms with Crippen LogP contribution in [0.4, 0.5) is 5.69 Å². The molecule has 116 valence electrons. The Balaban J connectivity index is 1.78. The van der Waals surface area contributed by atoms with E-state index in [2.05, 4.69) is 43.4 Å². The second-order valence-corrected chi connectivity index (χ2v) is 6.74. The third-order valence-corrected chi connectivity index (χ3v) is 4.57. The number of rotatable bonds is 6. The summed E-state index contributed by atoms with van der Waals surface area (Å²) in [6, 6.07) is 16.5. The quantitative estimate of drug-likeness (QED) is 0.814. The first-order valence-corrected chi connectivity index (χ1v) is 8.74. The van der Waals surface area contributed by atoms with Crippen molar-refractivity contribution in [1.82, 2.24) is 0 Å². The first-order chi connectivity index (χ1) is 10.6. The molecule has 0 saturated heterocycles. The second-order valence-electron chi connectivity index (χ2n) is 5.75. The highest BCUT2D eigenvalue weighted by Crippen LogP contribution is 2.18. The fraction of sp³-hybridized carbons (Fsp3) is 0.316. The maximum Gasteiger partial charge on any atom is 0.234 e. The molecule has 0 unspecified atom stereocenters. The minimum atomic E-state index is 0.0538. The van der Waals surface area contributed by atoms with Crippen molar-refractivity contribution in [1.29, 1.82) is 0 Å². The van der Waals surface area contributed by atoms with Gasteiger partial charge in [-0.3, -0.25) is 4.79 Å². The lowest BCUT2D eigenvalue weighted by molar-refractivity contribution is -0.113. The van der Waals surface area contributed by atoms with Gasteiger partial charge in [-0.2, -0.15) is 0 Å².